The normalized spacial score (nSPS) is 23.5. The third kappa shape index (κ3) is 3.79. The van der Waals surface area contributed by atoms with Crippen LogP contribution in [0.4, 0.5) is 8.78 Å². The number of halogens is 2. The second-order valence-electron chi connectivity index (χ2n) is 5.81. The number of aliphatic hydroxyl groups excluding tert-OH is 1. The topological polar surface area (TPSA) is 49.3 Å². The summed E-state index contributed by atoms with van der Waals surface area (Å²) in [5.74, 6) is -1.65. The van der Waals surface area contributed by atoms with Gasteiger partial charge < -0.3 is 10.4 Å². The zero-order valence-corrected chi connectivity index (χ0v) is 12.3. The van der Waals surface area contributed by atoms with Gasteiger partial charge in [-0.2, -0.15) is 0 Å². The van der Waals surface area contributed by atoms with Crippen molar-refractivity contribution in [3.05, 3.63) is 35.4 Å². The molecule has 2 rings (SSSR count). The predicted molar refractivity (Wildman–Crippen MR) is 75.7 cm³/mol. The number of rotatable bonds is 6. The smallest absolute Gasteiger partial charge is 0.223 e. The van der Waals surface area contributed by atoms with Gasteiger partial charge in [-0.15, -0.1) is 0 Å². The molecule has 21 heavy (non-hydrogen) atoms. The van der Waals surface area contributed by atoms with Crippen LogP contribution in [0, 0.1) is 23.5 Å². The zero-order valence-electron chi connectivity index (χ0n) is 12.3. The Morgan fingerprint density at radius 2 is 2.19 bits per heavy atom. The number of hydrogen-bond donors (Lipinski definition) is 2. The number of carbonyl (C=O) groups excluding carboxylic acids is 1. The lowest BCUT2D eigenvalue weighted by molar-refractivity contribution is -0.123. The van der Waals surface area contributed by atoms with Crippen molar-refractivity contribution in [3.8, 4) is 0 Å². The Kier molecular flexibility index (Phi) is 4.93. The molecule has 116 valence electrons. The number of aliphatic hydroxyl groups is 1. The maximum Gasteiger partial charge on any atom is 0.223 e. The van der Waals surface area contributed by atoms with Gasteiger partial charge in [-0.25, -0.2) is 8.78 Å². The Balaban J connectivity index is 1.88. The molecule has 1 saturated carbocycles. The van der Waals surface area contributed by atoms with E-state index in [1.54, 1.807) is 0 Å². The molecule has 0 radical (unpaired) electrons. The lowest BCUT2D eigenvalue weighted by Crippen LogP contribution is -2.36. The summed E-state index contributed by atoms with van der Waals surface area (Å²) in [4.78, 5) is 12.0. The molecule has 0 bridgehead atoms. The Morgan fingerprint density at radius 3 is 2.86 bits per heavy atom. The van der Waals surface area contributed by atoms with E-state index in [1.807, 2.05) is 13.8 Å². The van der Waals surface area contributed by atoms with Gasteiger partial charge >= 0.3 is 0 Å². The van der Waals surface area contributed by atoms with Crippen LogP contribution in [-0.2, 0) is 4.79 Å². The first-order valence-corrected chi connectivity index (χ1v) is 7.34. The van der Waals surface area contributed by atoms with E-state index in [2.05, 4.69) is 5.32 Å². The Labute approximate surface area is 123 Å². The standard InChI is InChI=1S/C16H21F2NO2/c1-3-9(2)15(20)8-19-16(21)13-7-11(13)12-6-10(17)4-5-14(12)18/h4-6,9,11,13,15,20H,3,7-8H2,1-2H3,(H,19,21). The molecule has 1 fully saturated rings. The molecule has 5 heteroatoms. The van der Waals surface area contributed by atoms with Crippen molar-refractivity contribution in [2.75, 3.05) is 6.54 Å². The minimum absolute atomic E-state index is 0.112. The number of hydrogen-bond acceptors (Lipinski definition) is 2. The summed E-state index contributed by atoms with van der Waals surface area (Å²) >= 11 is 0. The zero-order chi connectivity index (χ0) is 15.6. The van der Waals surface area contributed by atoms with Crippen molar-refractivity contribution in [3.63, 3.8) is 0 Å². The first-order valence-electron chi connectivity index (χ1n) is 7.34. The molecule has 1 aliphatic carbocycles. The number of carbonyl (C=O) groups is 1. The molecule has 0 aromatic heterocycles. The van der Waals surface area contributed by atoms with E-state index >= 15 is 0 Å². The average Bonchev–Trinajstić information content (AvgIpc) is 3.26. The van der Waals surface area contributed by atoms with Gasteiger partial charge in [0, 0.05) is 12.5 Å². The highest BCUT2D eigenvalue weighted by molar-refractivity contribution is 5.82. The largest absolute Gasteiger partial charge is 0.391 e. The second kappa shape index (κ2) is 6.52. The molecule has 1 aliphatic rings. The van der Waals surface area contributed by atoms with Gasteiger partial charge in [0.25, 0.3) is 0 Å². The van der Waals surface area contributed by atoms with Crippen LogP contribution in [0.3, 0.4) is 0 Å². The first kappa shape index (κ1) is 15.9. The minimum Gasteiger partial charge on any atom is -0.391 e. The second-order valence-corrected chi connectivity index (χ2v) is 5.81. The lowest BCUT2D eigenvalue weighted by atomic mass is 10.0. The van der Waals surface area contributed by atoms with Gasteiger partial charge in [0.15, 0.2) is 0 Å². The lowest BCUT2D eigenvalue weighted by Gasteiger charge is -2.17. The summed E-state index contributed by atoms with van der Waals surface area (Å²) in [6.45, 7) is 4.08. The highest BCUT2D eigenvalue weighted by Crippen LogP contribution is 2.48. The molecular formula is C16H21F2NO2. The van der Waals surface area contributed by atoms with Gasteiger partial charge in [-0.3, -0.25) is 4.79 Å². The summed E-state index contributed by atoms with van der Waals surface area (Å²) < 4.78 is 26.8. The van der Waals surface area contributed by atoms with E-state index in [9.17, 15) is 18.7 Å². The Bertz CT molecular complexity index is 521. The first-order chi connectivity index (χ1) is 9.93. The molecule has 0 aliphatic heterocycles. The van der Waals surface area contributed by atoms with Crippen LogP contribution in [0.5, 0.6) is 0 Å². The molecule has 1 aromatic carbocycles. The van der Waals surface area contributed by atoms with Crippen molar-refractivity contribution < 1.29 is 18.7 Å². The highest BCUT2D eigenvalue weighted by atomic mass is 19.1. The van der Waals surface area contributed by atoms with Crippen LogP contribution in [0.2, 0.25) is 0 Å². The van der Waals surface area contributed by atoms with Crippen LogP contribution in [0.1, 0.15) is 38.2 Å². The van der Waals surface area contributed by atoms with E-state index in [-0.39, 0.29) is 35.8 Å². The summed E-state index contributed by atoms with van der Waals surface area (Å²) in [5, 5.41) is 12.5. The molecule has 1 amide bonds. The van der Waals surface area contributed by atoms with Crippen molar-refractivity contribution >= 4 is 5.91 Å². The quantitative estimate of drug-likeness (QED) is 0.848. The molecule has 4 unspecified atom stereocenters. The van der Waals surface area contributed by atoms with Crippen LogP contribution >= 0.6 is 0 Å². The van der Waals surface area contributed by atoms with Crippen LogP contribution in [0.25, 0.3) is 0 Å². The summed E-state index contributed by atoms with van der Waals surface area (Å²) in [5.41, 5.74) is 0.262. The maximum atomic E-state index is 13.6. The monoisotopic (exact) mass is 297 g/mol. The van der Waals surface area contributed by atoms with Gasteiger partial charge in [0.2, 0.25) is 5.91 Å². The van der Waals surface area contributed by atoms with Crippen LogP contribution in [0.15, 0.2) is 18.2 Å². The van der Waals surface area contributed by atoms with Gasteiger partial charge in [0.1, 0.15) is 11.6 Å². The van der Waals surface area contributed by atoms with E-state index in [1.165, 1.54) is 0 Å². The molecule has 0 heterocycles. The minimum atomic E-state index is -0.581. The molecule has 2 N–H and O–H groups in total. The van der Waals surface area contributed by atoms with Crippen molar-refractivity contribution in [1.82, 2.24) is 5.32 Å². The highest BCUT2D eigenvalue weighted by Gasteiger charge is 2.45. The fourth-order valence-corrected chi connectivity index (χ4v) is 2.44. The summed E-state index contributed by atoms with van der Waals surface area (Å²) in [6.07, 6.45) is 0.769. The van der Waals surface area contributed by atoms with Crippen LogP contribution < -0.4 is 5.32 Å². The van der Waals surface area contributed by atoms with Crippen molar-refractivity contribution in [2.24, 2.45) is 11.8 Å². The molecule has 0 spiro atoms. The van der Waals surface area contributed by atoms with Crippen molar-refractivity contribution in [2.45, 2.75) is 38.7 Å². The van der Waals surface area contributed by atoms with E-state index in [0.29, 0.717) is 6.42 Å². The number of amides is 1. The third-order valence-corrected chi connectivity index (χ3v) is 4.27. The summed E-state index contributed by atoms with van der Waals surface area (Å²) in [7, 11) is 0. The number of benzene rings is 1. The van der Waals surface area contributed by atoms with E-state index in [4.69, 9.17) is 0 Å². The predicted octanol–water partition coefficient (Wildman–Crippen LogP) is 2.59. The molecule has 1 aromatic rings. The van der Waals surface area contributed by atoms with Gasteiger partial charge in [0.05, 0.1) is 6.10 Å². The summed E-state index contributed by atoms with van der Waals surface area (Å²) in [6, 6.07) is 3.31. The molecule has 3 nitrogen and oxygen atoms in total. The van der Waals surface area contributed by atoms with E-state index < -0.39 is 17.7 Å². The fraction of sp³-hybridized carbons (Fsp3) is 0.562. The average molecular weight is 297 g/mol. The molecule has 4 atom stereocenters. The van der Waals surface area contributed by atoms with Crippen molar-refractivity contribution in [1.29, 1.82) is 0 Å². The molecule has 0 saturated heterocycles. The number of nitrogens with one attached hydrogen (secondary N) is 1. The van der Waals surface area contributed by atoms with E-state index in [0.717, 1.165) is 24.6 Å². The van der Waals surface area contributed by atoms with Gasteiger partial charge in [-0.05, 0) is 42.0 Å². The van der Waals surface area contributed by atoms with Crippen LogP contribution in [-0.4, -0.2) is 23.7 Å². The fourth-order valence-electron chi connectivity index (χ4n) is 2.44. The van der Waals surface area contributed by atoms with Gasteiger partial charge in [-0.1, -0.05) is 20.3 Å². The molecular weight excluding hydrogens is 276 g/mol. The third-order valence-electron chi connectivity index (χ3n) is 4.27. The maximum absolute atomic E-state index is 13.6. The Morgan fingerprint density at radius 1 is 1.48 bits per heavy atom. The Hall–Kier alpha value is -1.49. The SMILES string of the molecule is CCC(C)C(O)CNC(=O)C1CC1c1cc(F)ccc1F.